The van der Waals surface area contributed by atoms with Gasteiger partial charge in [-0.2, -0.15) is 13.2 Å². The molecule has 3 nitrogen and oxygen atoms in total. The maximum absolute atomic E-state index is 11.9. The summed E-state index contributed by atoms with van der Waals surface area (Å²) in [5.41, 5.74) is 5.33. The van der Waals surface area contributed by atoms with Crippen molar-refractivity contribution in [3.8, 4) is 0 Å². The quantitative estimate of drug-likeness (QED) is 0.807. The first kappa shape index (κ1) is 12.1. The topological polar surface area (TPSA) is 44.5 Å². The highest BCUT2D eigenvalue weighted by Gasteiger charge is 2.49. The molecule has 0 amide bonds. The molecule has 0 radical (unpaired) electrons. The zero-order chi connectivity index (χ0) is 11.8. The summed E-state index contributed by atoms with van der Waals surface area (Å²) in [6, 6.07) is 0. The van der Waals surface area contributed by atoms with Crippen LogP contribution in [0.1, 0.15) is 19.3 Å². The van der Waals surface area contributed by atoms with Crippen LogP contribution in [0.3, 0.4) is 0 Å². The zero-order valence-electron chi connectivity index (χ0n) is 8.93. The van der Waals surface area contributed by atoms with Gasteiger partial charge in [-0.1, -0.05) is 0 Å². The number of rotatable bonds is 4. The molecule has 0 aromatic rings. The Morgan fingerprint density at radius 2 is 2.06 bits per heavy atom. The van der Waals surface area contributed by atoms with Gasteiger partial charge >= 0.3 is 6.18 Å². The van der Waals surface area contributed by atoms with Crippen LogP contribution in [0.4, 0.5) is 13.2 Å². The van der Waals surface area contributed by atoms with E-state index in [0.29, 0.717) is 18.9 Å². The van der Waals surface area contributed by atoms with Crippen LogP contribution in [0.2, 0.25) is 0 Å². The Hall–Kier alpha value is -0.330. The van der Waals surface area contributed by atoms with E-state index in [1.807, 2.05) is 0 Å². The molecule has 2 unspecified atom stereocenters. The maximum Gasteiger partial charge on any atom is 0.411 e. The fourth-order valence-corrected chi connectivity index (χ4v) is 2.20. The summed E-state index contributed by atoms with van der Waals surface area (Å²) >= 11 is 0. The van der Waals surface area contributed by atoms with E-state index in [0.717, 1.165) is 12.8 Å². The third kappa shape index (κ3) is 2.87. The lowest BCUT2D eigenvalue weighted by Gasteiger charge is -2.29. The van der Waals surface area contributed by atoms with Gasteiger partial charge in [0.2, 0.25) is 0 Å². The van der Waals surface area contributed by atoms with E-state index in [2.05, 4.69) is 4.74 Å². The minimum atomic E-state index is -4.29. The molecule has 2 rings (SSSR count). The van der Waals surface area contributed by atoms with Gasteiger partial charge in [0.25, 0.3) is 0 Å². The summed E-state index contributed by atoms with van der Waals surface area (Å²) in [6.45, 7) is -0.788. The van der Waals surface area contributed by atoms with Crippen molar-refractivity contribution in [3.63, 3.8) is 0 Å². The molecule has 1 heterocycles. The predicted molar refractivity (Wildman–Crippen MR) is 50.9 cm³/mol. The number of nitrogens with two attached hydrogens (primary N) is 1. The van der Waals surface area contributed by atoms with Crippen LogP contribution in [0.15, 0.2) is 0 Å². The molecule has 1 saturated heterocycles. The lowest BCUT2D eigenvalue weighted by atomic mass is 9.90. The molecule has 0 bridgehead atoms. The van der Waals surface area contributed by atoms with Crippen LogP contribution in [-0.2, 0) is 9.47 Å². The highest BCUT2D eigenvalue weighted by atomic mass is 19.4. The largest absolute Gasteiger partial charge is 0.411 e. The van der Waals surface area contributed by atoms with Gasteiger partial charge in [0.15, 0.2) is 0 Å². The number of alkyl halides is 3. The van der Waals surface area contributed by atoms with Gasteiger partial charge in [-0.25, -0.2) is 0 Å². The molecule has 2 aliphatic rings. The monoisotopic (exact) mass is 239 g/mol. The summed E-state index contributed by atoms with van der Waals surface area (Å²) in [5.74, 6) is 0.419. The number of hydrogen-bond acceptors (Lipinski definition) is 3. The van der Waals surface area contributed by atoms with Gasteiger partial charge in [0.1, 0.15) is 6.61 Å². The Balaban J connectivity index is 1.82. The Kier molecular flexibility index (Phi) is 3.16. The highest BCUT2D eigenvalue weighted by Crippen LogP contribution is 2.42. The third-order valence-electron chi connectivity index (χ3n) is 3.12. The summed E-state index contributed by atoms with van der Waals surface area (Å²) < 4.78 is 45.9. The average Bonchev–Trinajstić information content (AvgIpc) is 2.89. The Morgan fingerprint density at radius 1 is 1.38 bits per heavy atom. The summed E-state index contributed by atoms with van der Waals surface area (Å²) in [5, 5.41) is 0. The zero-order valence-corrected chi connectivity index (χ0v) is 8.93. The minimum absolute atomic E-state index is 0.0757. The number of hydrogen-bond donors (Lipinski definition) is 1. The molecule has 0 spiro atoms. The van der Waals surface area contributed by atoms with Crippen molar-refractivity contribution in [2.24, 2.45) is 11.7 Å². The second-order valence-corrected chi connectivity index (χ2v) is 4.72. The summed E-state index contributed by atoms with van der Waals surface area (Å²) in [6.07, 6.45) is -1.72. The van der Waals surface area contributed by atoms with E-state index in [4.69, 9.17) is 10.5 Å². The molecule has 2 N–H and O–H groups in total. The molecule has 1 aliphatic heterocycles. The molecule has 2 fully saturated rings. The molecule has 94 valence electrons. The van der Waals surface area contributed by atoms with Crippen LogP contribution in [0, 0.1) is 5.92 Å². The summed E-state index contributed by atoms with van der Waals surface area (Å²) in [4.78, 5) is 0. The van der Waals surface area contributed by atoms with Crippen molar-refractivity contribution in [1.82, 2.24) is 0 Å². The molecule has 16 heavy (non-hydrogen) atoms. The third-order valence-corrected chi connectivity index (χ3v) is 3.12. The lowest BCUT2D eigenvalue weighted by Crippen LogP contribution is -2.52. The Labute approximate surface area is 92.1 Å². The van der Waals surface area contributed by atoms with E-state index in [9.17, 15) is 13.2 Å². The second kappa shape index (κ2) is 4.16. The van der Waals surface area contributed by atoms with Crippen molar-refractivity contribution < 1.29 is 22.6 Å². The molecule has 1 saturated carbocycles. The maximum atomic E-state index is 11.9. The smallest absolute Gasteiger partial charge is 0.376 e. The first-order valence-corrected chi connectivity index (χ1v) is 5.46. The number of halogens is 3. The molecule has 1 aliphatic carbocycles. The van der Waals surface area contributed by atoms with Crippen LogP contribution >= 0.6 is 0 Å². The van der Waals surface area contributed by atoms with Crippen molar-refractivity contribution in [2.45, 2.75) is 37.1 Å². The van der Waals surface area contributed by atoms with Gasteiger partial charge in [0.05, 0.1) is 18.2 Å². The molecular weight excluding hydrogens is 223 g/mol. The fraction of sp³-hybridized carbons (Fsp3) is 1.00. The van der Waals surface area contributed by atoms with E-state index < -0.39 is 18.3 Å². The molecular formula is C10H16F3NO2. The minimum Gasteiger partial charge on any atom is -0.376 e. The second-order valence-electron chi connectivity index (χ2n) is 4.72. The summed E-state index contributed by atoms with van der Waals surface area (Å²) in [7, 11) is 0. The van der Waals surface area contributed by atoms with E-state index in [1.165, 1.54) is 0 Å². The highest BCUT2D eigenvalue weighted by molar-refractivity contribution is 5.03. The van der Waals surface area contributed by atoms with E-state index in [1.54, 1.807) is 0 Å². The first-order valence-electron chi connectivity index (χ1n) is 5.46. The number of ether oxygens (including phenoxy) is 2. The fourth-order valence-electron chi connectivity index (χ4n) is 2.20. The molecule has 0 aromatic carbocycles. The SMILES string of the molecule is NC1(COCC(F)(F)F)CCOC1C1CC1. The van der Waals surface area contributed by atoms with Crippen LogP contribution < -0.4 is 5.73 Å². The van der Waals surface area contributed by atoms with Crippen molar-refractivity contribution in [3.05, 3.63) is 0 Å². The average molecular weight is 239 g/mol. The first-order chi connectivity index (χ1) is 7.41. The Morgan fingerprint density at radius 3 is 2.62 bits per heavy atom. The molecule has 2 atom stereocenters. The van der Waals surface area contributed by atoms with Gasteiger partial charge in [-0.3, -0.25) is 0 Å². The van der Waals surface area contributed by atoms with Crippen LogP contribution in [0.25, 0.3) is 0 Å². The Bertz CT molecular complexity index is 255. The van der Waals surface area contributed by atoms with Gasteiger partial charge < -0.3 is 15.2 Å². The van der Waals surface area contributed by atoms with Gasteiger partial charge in [0, 0.05) is 6.61 Å². The van der Waals surface area contributed by atoms with Crippen molar-refractivity contribution in [1.29, 1.82) is 0 Å². The molecule has 0 aromatic heterocycles. The normalized spacial score (nSPS) is 35.6. The van der Waals surface area contributed by atoms with Crippen LogP contribution in [0.5, 0.6) is 0 Å². The molecule has 6 heteroatoms. The van der Waals surface area contributed by atoms with E-state index in [-0.39, 0.29) is 12.7 Å². The lowest BCUT2D eigenvalue weighted by molar-refractivity contribution is -0.178. The van der Waals surface area contributed by atoms with Gasteiger partial charge in [-0.15, -0.1) is 0 Å². The van der Waals surface area contributed by atoms with Crippen molar-refractivity contribution >= 4 is 0 Å². The predicted octanol–water partition coefficient (Wildman–Crippen LogP) is 1.46. The van der Waals surface area contributed by atoms with Crippen molar-refractivity contribution in [2.75, 3.05) is 19.8 Å². The van der Waals surface area contributed by atoms with Crippen LogP contribution in [-0.4, -0.2) is 37.6 Å². The van der Waals surface area contributed by atoms with Gasteiger partial charge in [-0.05, 0) is 25.2 Å². The van der Waals surface area contributed by atoms with E-state index >= 15 is 0 Å². The standard InChI is InChI=1S/C10H16F3NO2/c11-10(12,13)6-15-5-9(14)3-4-16-8(9)7-1-2-7/h7-8H,1-6,14H2.